The lowest BCUT2D eigenvalue weighted by molar-refractivity contribution is 0.746. The van der Waals surface area contributed by atoms with E-state index in [0.29, 0.717) is 16.3 Å². The van der Waals surface area contributed by atoms with E-state index < -0.39 is 0 Å². The van der Waals surface area contributed by atoms with Gasteiger partial charge < -0.3 is 0 Å². The normalized spacial score (nSPS) is 11.0. The summed E-state index contributed by atoms with van der Waals surface area (Å²) in [6, 6.07) is 16.0. The number of nitrogens with one attached hydrogen (secondary N) is 1. The van der Waals surface area contributed by atoms with E-state index in [1.807, 2.05) is 47.9 Å². The van der Waals surface area contributed by atoms with Gasteiger partial charge in [-0.25, -0.2) is 0 Å². The van der Waals surface area contributed by atoms with Crippen molar-refractivity contribution in [2.75, 3.05) is 0 Å². The number of hydrogen-bond donors (Lipinski definition) is 1. The molecule has 2 heterocycles. The van der Waals surface area contributed by atoms with Gasteiger partial charge in [0.2, 0.25) is 0 Å². The summed E-state index contributed by atoms with van der Waals surface area (Å²) in [5, 5.41) is 16.5. The van der Waals surface area contributed by atoms with Crippen LogP contribution in [-0.2, 0) is 0 Å². The van der Waals surface area contributed by atoms with Gasteiger partial charge in [0, 0.05) is 0 Å². The van der Waals surface area contributed by atoms with Crippen LogP contribution in [0.25, 0.3) is 22.9 Å². The Bertz CT molecular complexity index is 1140. The Hall–Kier alpha value is -3.06. The van der Waals surface area contributed by atoms with E-state index in [1.165, 1.54) is 11.1 Å². The molecule has 0 fully saturated rings. The lowest BCUT2D eigenvalue weighted by Crippen LogP contribution is -2.01. The van der Waals surface area contributed by atoms with E-state index in [9.17, 15) is 0 Å². The molecular formula is C19H18N6S. The molecular weight excluding hydrogens is 344 g/mol. The van der Waals surface area contributed by atoms with Crippen molar-refractivity contribution in [1.29, 1.82) is 0 Å². The molecule has 0 atom stereocenters. The Morgan fingerprint density at radius 2 is 1.65 bits per heavy atom. The zero-order chi connectivity index (χ0) is 18.3. The van der Waals surface area contributed by atoms with Crippen molar-refractivity contribution in [3.63, 3.8) is 0 Å². The lowest BCUT2D eigenvalue weighted by Gasteiger charge is -2.08. The van der Waals surface area contributed by atoms with Gasteiger partial charge in [-0.1, -0.05) is 24.3 Å². The van der Waals surface area contributed by atoms with Gasteiger partial charge in [-0.15, -0.1) is 5.10 Å². The third kappa shape index (κ3) is 2.76. The molecule has 7 heteroatoms. The van der Waals surface area contributed by atoms with Gasteiger partial charge in [-0.2, -0.15) is 15.0 Å². The summed E-state index contributed by atoms with van der Waals surface area (Å²) < 4.78 is 2.42. The van der Waals surface area contributed by atoms with E-state index >= 15 is 0 Å². The Morgan fingerprint density at radius 3 is 2.38 bits per heavy atom. The average molecular weight is 362 g/mol. The van der Waals surface area contributed by atoms with Crippen LogP contribution in [0.1, 0.15) is 16.8 Å². The lowest BCUT2D eigenvalue weighted by atomic mass is 10.1. The number of aromatic amines is 1. The zero-order valence-corrected chi connectivity index (χ0v) is 15.6. The molecule has 0 spiro atoms. The molecule has 0 saturated heterocycles. The van der Waals surface area contributed by atoms with Crippen LogP contribution < -0.4 is 0 Å². The van der Waals surface area contributed by atoms with Gasteiger partial charge in [-0.05, 0) is 68.4 Å². The number of nitrogens with zero attached hydrogens (tertiary/aromatic N) is 5. The maximum atomic E-state index is 5.46. The summed E-state index contributed by atoms with van der Waals surface area (Å²) in [6.45, 7) is 6.09. The van der Waals surface area contributed by atoms with E-state index in [2.05, 4.69) is 46.4 Å². The summed E-state index contributed by atoms with van der Waals surface area (Å²) in [4.78, 5) is 1.62. The van der Waals surface area contributed by atoms with Crippen molar-refractivity contribution in [3.8, 4) is 22.9 Å². The van der Waals surface area contributed by atoms with Crippen LogP contribution in [0.4, 0.5) is 0 Å². The molecule has 0 radical (unpaired) electrons. The molecule has 6 nitrogen and oxygen atoms in total. The van der Waals surface area contributed by atoms with Crippen LogP contribution >= 0.6 is 12.2 Å². The number of hydrogen-bond acceptors (Lipinski definition) is 4. The highest BCUT2D eigenvalue weighted by Gasteiger charge is 2.18. The van der Waals surface area contributed by atoms with Gasteiger partial charge in [0.05, 0.1) is 17.1 Å². The average Bonchev–Trinajstić information content (AvgIpc) is 3.21. The minimum atomic E-state index is 0.525. The molecule has 26 heavy (non-hydrogen) atoms. The van der Waals surface area contributed by atoms with Crippen LogP contribution in [-0.4, -0.2) is 29.8 Å². The molecule has 130 valence electrons. The number of aromatic nitrogens is 6. The van der Waals surface area contributed by atoms with Crippen molar-refractivity contribution in [2.24, 2.45) is 0 Å². The molecule has 0 aliphatic heterocycles. The third-order valence-corrected chi connectivity index (χ3v) is 4.68. The Balaban J connectivity index is 1.87. The van der Waals surface area contributed by atoms with Gasteiger partial charge in [0.1, 0.15) is 0 Å². The smallest absolute Gasteiger partial charge is 0.200 e. The highest BCUT2D eigenvalue weighted by Crippen LogP contribution is 2.24. The first kappa shape index (κ1) is 16.4. The molecule has 0 aliphatic rings. The monoisotopic (exact) mass is 362 g/mol. The summed E-state index contributed by atoms with van der Waals surface area (Å²) in [6.07, 6.45) is 0. The SMILES string of the molecule is Cc1ccc(-n2c(-c3nn(-c4ccccc4)nc3C)n[nH]c2=S)cc1C. The quantitative estimate of drug-likeness (QED) is 0.557. The molecule has 1 N–H and O–H groups in total. The largest absolute Gasteiger partial charge is 0.267 e. The second-order valence-corrected chi connectivity index (χ2v) is 6.60. The molecule has 4 aromatic rings. The number of H-pyrrole nitrogens is 1. The predicted molar refractivity (Wildman–Crippen MR) is 103 cm³/mol. The summed E-state index contributed by atoms with van der Waals surface area (Å²) >= 11 is 5.46. The summed E-state index contributed by atoms with van der Waals surface area (Å²) in [7, 11) is 0. The van der Waals surface area contributed by atoms with Crippen LogP contribution in [0.5, 0.6) is 0 Å². The van der Waals surface area contributed by atoms with Crippen LogP contribution in [0, 0.1) is 25.5 Å². The van der Waals surface area contributed by atoms with Crippen LogP contribution in [0.15, 0.2) is 48.5 Å². The first-order valence-electron chi connectivity index (χ1n) is 8.29. The maximum Gasteiger partial charge on any atom is 0.200 e. The molecule has 0 saturated carbocycles. The number of benzene rings is 2. The molecule has 0 aliphatic carbocycles. The van der Waals surface area contributed by atoms with E-state index in [1.54, 1.807) is 4.80 Å². The fraction of sp³-hybridized carbons (Fsp3) is 0.158. The highest BCUT2D eigenvalue weighted by atomic mass is 32.1. The minimum Gasteiger partial charge on any atom is -0.267 e. The van der Waals surface area contributed by atoms with Crippen LogP contribution in [0.3, 0.4) is 0 Å². The molecule has 0 amide bonds. The van der Waals surface area contributed by atoms with Crippen LogP contribution in [0.2, 0.25) is 0 Å². The van der Waals surface area contributed by atoms with Crippen molar-refractivity contribution in [2.45, 2.75) is 20.8 Å². The molecule has 0 bridgehead atoms. The van der Waals surface area contributed by atoms with Crippen molar-refractivity contribution in [3.05, 3.63) is 70.1 Å². The van der Waals surface area contributed by atoms with Crippen molar-refractivity contribution >= 4 is 12.2 Å². The summed E-state index contributed by atoms with van der Waals surface area (Å²) in [5.41, 5.74) is 5.76. The Labute approximate surface area is 156 Å². The predicted octanol–water partition coefficient (Wildman–Crippen LogP) is 4.10. The second kappa shape index (κ2) is 6.34. The van der Waals surface area contributed by atoms with Crippen molar-refractivity contribution < 1.29 is 0 Å². The van der Waals surface area contributed by atoms with Crippen molar-refractivity contribution in [1.82, 2.24) is 29.8 Å². The molecule has 4 rings (SSSR count). The number of aryl methyl sites for hydroxylation is 3. The highest BCUT2D eigenvalue weighted by molar-refractivity contribution is 7.71. The minimum absolute atomic E-state index is 0.525. The fourth-order valence-corrected chi connectivity index (χ4v) is 3.06. The van der Waals surface area contributed by atoms with Gasteiger partial charge in [-0.3, -0.25) is 9.67 Å². The topological polar surface area (TPSA) is 64.3 Å². The second-order valence-electron chi connectivity index (χ2n) is 6.22. The van der Waals surface area contributed by atoms with E-state index in [4.69, 9.17) is 12.2 Å². The standard InChI is InChI=1S/C19H18N6S/c1-12-9-10-16(11-13(12)2)24-18(20-21-19(24)26)17-14(3)22-25(23-17)15-7-5-4-6-8-15/h4-11H,1-3H3,(H,21,26). The number of para-hydroxylation sites is 1. The summed E-state index contributed by atoms with van der Waals surface area (Å²) in [5.74, 6) is 0.651. The van der Waals surface area contributed by atoms with Gasteiger partial charge >= 0.3 is 0 Å². The Morgan fingerprint density at radius 1 is 0.885 bits per heavy atom. The number of rotatable bonds is 3. The van der Waals surface area contributed by atoms with Gasteiger partial charge in [0.15, 0.2) is 16.3 Å². The zero-order valence-electron chi connectivity index (χ0n) is 14.8. The molecule has 2 aromatic heterocycles. The Kier molecular flexibility index (Phi) is 4.00. The fourth-order valence-electron chi connectivity index (χ4n) is 2.82. The van der Waals surface area contributed by atoms with E-state index in [-0.39, 0.29) is 0 Å². The van der Waals surface area contributed by atoms with Gasteiger partial charge in [0.25, 0.3) is 0 Å². The molecule has 2 aromatic carbocycles. The first-order valence-corrected chi connectivity index (χ1v) is 8.70. The van der Waals surface area contributed by atoms with E-state index in [0.717, 1.165) is 17.1 Å². The third-order valence-electron chi connectivity index (χ3n) is 4.40. The first-order chi connectivity index (χ1) is 12.5. The molecule has 0 unspecified atom stereocenters. The maximum absolute atomic E-state index is 5.46.